The van der Waals surface area contributed by atoms with E-state index in [9.17, 15) is 8.42 Å². The number of rotatable bonds is 7. The summed E-state index contributed by atoms with van der Waals surface area (Å²) < 4.78 is 31.5. The average Bonchev–Trinajstić information content (AvgIpc) is 3.24. The highest BCUT2D eigenvalue weighted by molar-refractivity contribution is 7.88. The molecule has 1 aliphatic heterocycles. The van der Waals surface area contributed by atoms with Gasteiger partial charge in [-0.3, -0.25) is 0 Å². The molecule has 0 spiro atoms. The van der Waals surface area contributed by atoms with Gasteiger partial charge in [0.1, 0.15) is 12.0 Å². The fourth-order valence-corrected chi connectivity index (χ4v) is 4.68. The van der Waals surface area contributed by atoms with Crippen molar-refractivity contribution in [3.63, 3.8) is 0 Å². The lowest BCUT2D eigenvalue weighted by molar-refractivity contribution is 0.259. The Morgan fingerprint density at radius 1 is 1.17 bits per heavy atom. The molecule has 1 aromatic carbocycles. The van der Waals surface area contributed by atoms with Crippen molar-refractivity contribution in [2.45, 2.75) is 19.2 Å². The van der Waals surface area contributed by atoms with E-state index in [1.165, 1.54) is 10.6 Å². The molecule has 2 aromatic rings. The minimum absolute atomic E-state index is 0.138. The zero-order chi connectivity index (χ0) is 21.6. The Hall–Kier alpha value is -2.59. The summed E-state index contributed by atoms with van der Waals surface area (Å²) in [5.74, 6) is 0.670. The summed E-state index contributed by atoms with van der Waals surface area (Å²) in [5, 5.41) is 7.03. The van der Waals surface area contributed by atoms with E-state index in [2.05, 4.69) is 44.5 Å². The normalized spacial score (nSPS) is 16.0. The van der Waals surface area contributed by atoms with Crippen LogP contribution in [0.2, 0.25) is 0 Å². The highest BCUT2D eigenvalue weighted by atomic mass is 32.2. The second-order valence-corrected chi connectivity index (χ2v) is 9.33. The van der Waals surface area contributed by atoms with E-state index >= 15 is 0 Å². The molecule has 30 heavy (non-hydrogen) atoms. The SMILES string of the molecule is CCNC(=NCc1ccc(N(C)C)cc1)N1CCN(S(=O)(=O)Cc2ccon2)CC1. The van der Waals surface area contributed by atoms with Gasteiger partial charge in [-0.25, -0.2) is 13.4 Å². The number of aromatic nitrogens is 1. The Morgan fingerprint density at radius 2 is 1.87 bits per heavy atom. The first-order valence-corrected chi connectivity index (χ1v) is 11.7. The van der Waals surface area contributed by atoms with Gasteiger partial charge >= 0.3 is 0 Å². The molecule has 0 atom stereocenters. The molecule has 0 radical (unpaired) electrons. The van der Waals surface area contributed by atoms with Crippen LogP contribution in [0.4, 0.5) is 5.69 Å². The maximum atomic E-state index is 12.6. The van der Waals surface area contributed by atoms with Crippen molar-refractivity contribution >= 4 is 21.7 Å². The average molecular weight is 435 g/mol. The highest BCUT2D eigenvalue weighted by Crippen LogP contribution is 2.15. The van der Waals surface area contributed by atoms with Gasteiger partial charge in [0.05, 0.1) is 12.2 Å². The van der Waals surface area contributed by atoms with Crippen LogP contribution in [0.5, 0.6) is 0 Å². The van der Waals surface area contributed by atoms with E-state index in [4.69, 9.17) is 9.52 Å². The molecule has 1 aromatic heterocycles. The second kappa shape index (κ2) is 9.94. The summed E-state index contributed by atoms with van der Waals surface area (Å²) >= 11 is 0. The molecule has 0 unspecified atom stereocenters. The number of hydrogen-bond donors (Lipinski definition) is 1. The van der Waals surface area contributed by atoms with Gasteiger partial charge in [-0.05, 0) is 24.6 Å². The first-order chi connectivity index (χ1) is 14.4. The van der Waals surface area contributed by atoms with Crippen molar-refractivity contribution < 1.29 is 12.9 Å². The number of nitrogens with one attached hydrogen (secondary N) is 1. The Kier molecular flexibility index (Phi) is 7.33. The molecule has 9 nitrogen and oxygen atoms in total. The standard InChI is InChI=1S/C20H30N6O3S/c1-4-21-20(22-15-17-5-7-19(8-6-17)24(2)3)25-10-12-26(13-11-25)30(27,28)16-18-9-14-29-23-18/h5-9,14H,4,10-13,15-16H2,1-3H3,(H,21,22). The lowest BCUT2D eigenvalue weighted by Crippen LogP contribution is -2.53. The Bertz CT molecular complexity index is 918. The third-order valence-corrected chi connectivity index (χ3v) is 6.76. The van der Waals surface area contributed by atoms with Crippen molar-refractivity contribution in [1.29, 1.82) is 0 Å². The molecule has 1 N–H and O–H groups in total. The van der Waals surface area contributed by atoms with E-state index in [0.29, 0.717) is 38.4 Å². The Morgan fingerprint density at radius 3 is 2.43 bits per heavy atom. The van der Waals surface area contributed by atoms with Crippen molar-refractivity contribution in [3.8, 4) is 0 Å². The van der Waals surface area contributed by atoms with E-state index in [0.717, 1.165) is 23.8 Å². The van der Waals surface area contributed by atoms with Gasteiger partial charge in [-0.1, -0.05) is 17.3 Å². The first-order valence-electron chi connectivity index (χ1n) is 10.1. The number of benzene rings is 1. The van der Waals surface area contributed by atoms with Gasteiger partial charge in [0.15, 0.2) is 5.96 Å². The maximum Gasteiger partial charge on any atom is 0.220 e. The number of hydrogen-bond acceptors (Lipinski definition) is 6. The third-order valence-electron chi connectivity index (χ3n) is 4.95. The van der Waals surface area contributed by atoms with Crippen LogP contribution >= 0.6 is 0 Å². The van der Waals surface area contributed by atoms with Crippen LogP contribution in [-0.2, 0) is 22.3 Å². The van der Waals surface area contributed by atoms with Gasteiger partial charge in [0.25, 0.3) is 0 Å². The molecule has 10 heteroatoms. The van der Waals surface area contributed by atoms with Crippen LogP contribution < -0.4 is 10.2 Å². The summed E-state index contributed by atoms with van der Waals surface area (Å²) in [6, 6.07) is 9.90. The molecule has 164 valence electrons. The predicted molar refractivity (Wildman–Crippen MR) is 118 cm³/mol. The first kappa shape index (κ1) is 22.1. The largest absolute Gasteiger partial charge is 0.378 e. The van der Waals surface area contributed by atoms with Gasteiger partial charge < -0.3 is 19.6 Å². The molecule has 0 saturated carbocycles. The smallest absolute Gasteiger partial charge is 0.220 e. The molecule has 0 aliphatic carbocycles. The minimum Gasteiger partial charge on any atom is -0.378 e. The van der Waals surface area contributed by atoms with Crippen molar-refractivity contribution in [2.75, 3.05) is 51.7 Å². The number of guanidine groups is 1. The molecule has 1 fully saturated rings. The second-order valence-electron chi connectivity index (χ2n) is 7.36. The lowest BCUT2D eigenvalue weighted by atomic mass is 10.2. The van der Waals surface area contributed by atoms with Gasteiger partial charge in [0.2, 0.25) is 10.0 Å². The fourth-order valence-electron chi connectivity index (χ4n) is 3.26. The molecule has 1 saturated heterocycles. The topological polar surface area (TPSA) is 94.3 Å². The van der Waals surface area contributed by atoms with Crippen LogP contribution in [0, 0.1) is 0 Å². The number of piperazine rings is 1. The van der Waals surface area contributed by atoms with Crippen LogP contribution in [0.25, 0.3) is 0 Å². The van der Waals surface area contributed by atoms with Gasteiger partial charge in [-0.2, -0.15) is 4.31 Å². The third kappa shape index (κ3) is 5.73. The Balaban J connectivity index is 1.60. The summed E-state index contributed by atoms with van der Waals surface area (Å²) in [7, 11) is 0.617. The van der Waals surface area contributed by atoms with E-state index in [1.54, 1.807) is 6.07 Å². The fraction of sp³-hybridized carbons (Fsp3) is 0.500. The maximum absolute atomic E-state index is 12.6. The molecular formula is C20H30N6O3S. The summed E-state index contributed by atoms with van der Waals surface area (Å²) in [6.07, 6.45) is 1.38. The zero-order valence-electron chi connectivity index (χ0n) is 17.8. The monoisotopic (exact) mass is 434 g/mol. The number of aliphatic imine (C=N–C) groups is 1. The quantitative estimate of drug-likeness (QED) is 0.519. The van der Waals surface area contributed by atoms with E-state index < -0.39 is 10.0 Å². The van der Waals surface area contributed by atoms with Crippen molar-refractivity contribution in [3.05, 3.63) is 47.9 Å². The summed E-state index contributed by atoms with van der Waals surface area (Å²) in [6.45, 7) is 5.36. The highest BCUT2D eigenvalue weighted by Gasteiger charge is 2.28. The van der Waals surface area contributed by atoms with Crippen LogP contribution in [0.3, 0.4) is 0 Å². The van der Waals surface area contributed by atoms with Crippen LogP contribution in [-0.4, -0.2) is 75.6 Å². The summed E-state index contributed by atoms with van der Waals surface area (Å²) in [5.41, 5.74) is 2.70. The van der Waals surface area contributed by atoms with Crippen molar-refractivity contribution in [1.82, 2.24) is 19.7 Å². The molecule has 2 heterocycles. The molecule has 1 aliphatic rings. The zero-order valence-corrected chi connectivity index (χ0v) is 18.6. The number of anilines is 1. The molecule has 0 bridgehead atoms. The van der Waals surface area contributed by atoms with Crippen molar-refractivity contribution in [2.24, 2.45) is 4.99 Å². The molecular weight excluding hydrogens is 404 g/mol. The Labute approximate surface area is 178 Å². The van der Waals surface area contributed by atoms with Gasteiger partial charge in [-0.15, -0.1) is 0 Å². The number of nitrogens with zero attached hydrogens (tertiary/aromatic N) is 5. The van der Waals surface area contributed by atoms with E-state index in [-0.39, 0.29) is 5.75 Å². The molecule has 3 rings (SSSR count). The van der Waals surface area contributed by atoms with E-state index in [1.807, 2.05) is 21.0 Å². The van der Waals surface area contributed by atoms with Gasteiger partial charge in [0, 0.05) is 58.6 Å². The lowest BCUT2D eigenvalue weighted by Gasteiger charge is -2.35. The summed E-state index contributed by atoms with van der Waals surface area (Å²) in [4.78, 5) is 8.93. The predicted octanol–water partition coefficient (Wildman–Crippen LogP) is 1.35. The van der Waals surface area contributed by atoms with Crippen LogP contribution in [0.15, 0.2) is 46.1 Å². The number of sulfonamides is 1. The molecule has 0 amide bonds. The minimum atomic E-state index is -3.41. The van der Waals surface area contributed by atoms with Crippen LogP contribution in [0.1, 0.15) is 18.2 Å².